The molecule has 0 unspecified atom stereocenters. The summed E-state index contributed by atoms with van der Waals surface area (Å²) in [6.45, 7) is 5.75. The fourth-order valence-electron chi connectivity index (χ4n) is 2.54. The number of hydrogen-bond acceptors (Lipinski definition) is 2. The molecule has 1 aliphatic rings. The van der Waals surface area contributed by atoms with Crippen molar-refractivity contribution in [1.29, 1.82) is 0 Å². The normalized spacial score (nSPS) is 16.9. The number of carbonyl (C=O) groups excluding carboxylic acids is 1. The van der Waals surface area contributed by atoms with Crippen LogP contribution in [0.2, 0.25) is 0 Å². The maximum atomic E-state index is 12.3. The summed E-state index contributed by atoms with van der Waals surface area (Å²) >= 11 is 0. The Balaban J connectivity index is 2.10. The van der Waals surface area contributed by atoms with Crippen molar-refractivity contribution in [3.05, 3.63) is 29.3 Å². The standard InChI is InChI=1S/C15H21NO2/c1-3-12-6-8-16(9-7-12)15(18)13-10-11(2)4-5-14(13)17/h4-5,10,12,17H,3,6-9H2,1-2H3. The Morgan fingerprint density at radius 3 is 2.67 bits per heavy atom. The second-order valence-electron chi connectivity index (χ2n) is 5.16. The number of hydrogen-bond donors (Lipinski definition) is 1. The molecule has 0 spiro atoms. The molecule has 0 aliphatic carbocycles. The number of piperidine rings is 1. The molecule has 3 nitrogen and oxygen atoms in total. The smallest absolute Gasteiger partial charge is 0.257 e. The van der Waals surface area contributed by atoms with E-state index >= 15 is 0 Å². The molecule has 1 amide bonds. The van der Waals surface area contributed by atoms with Crippen molar-refractivity contribution in [1.82, 2.24) is 4.90 Å². The number of amides is 1. The van der Waals surface area contributed by atoms with Crippen molar-refractivity contribution < 1.29 is 9.90 Å². The quantitative estimate of drug-likeness (QED) is 0.872. The molecule has 1 N–H and O–H groups in total. The summed E-state index contributed by atoms with van der Waals surface area (Å²) in [4.78, 5) is 14.2. The Labute approximate surface area is 108 Å². The van der Waals surface area contributed by atoms with E-state index in [0.717, 1.165) is 37.4 Å². The van der Waals surface area contributed by atoms with Crippen molar-refractivity contribution in [2.45, 2.75) is 33.1 Å². The third kappa shape index (κ3) is 2.66. The van der Waals surface area contributed by atoms with Gasteiger partial charge in [0.1, 0.15) is 5.75 Å². The molecule has 0 atom stereocenters. The van der Waals surface area contributed by atoms with Crippen LogP contribution in [0.1, 0.15) is 42.1 Å². The minimum atomic E-state index is -0.0363. The maximum Gasteiger partial charge on any atom is 0.257 e. The molecule has 1 aromatic rings. The number of aromatic hydroxyl groups is 1. The fraction of sp³-hybridized carbons (Fsp3) is 0.533. The first-order chi connectivity index (χ1) is 8.61. The van der Waals surface area contributed by atoms with Crippen molar-refractivity contribution in [3.8, 4) is 5.75 Å². The van der Waals surface area contributed by atoms with Crippen LogP contribution in [0, 0.1) is 12.8 Å². The predicted octanol–water partition coefficient (Wildman–Crippen LogP) is 2.96. The Morgan fingerprint density at radius 2 is 2.06 bits per heavy atom. The van der Waals surface area contributed by atoms with E-state index in [2.05, 4.69) is 6.92 Å². The molecular weight excluding hydrogens is 226 g/mol. The highest BCUT2D eigenvalue weighted by Crippen LogP contribution is 2.24. The van der Waals surface area contributed by atoms with Gasteiger partial charge in [-0.15, -0.1) is 0 Å². The summed E-state index contributed by atoms with van der Waals surface area (Å²) in [5.74, 6) is 0.800. The van der Waals surface area contributed by atoms with Crippen molar-refractivity contribution in [2.75, 3.05) is 13.1 Å². The van der Waals surface area contributed by atoms with Crippen LogP contribution in [0.15, 0.2) is 18.2 Å². The summed E-state index contributed by atoms with van der Waals surface area (Å²) in [6.07, 6.45) is 3.35. The van der Waals surface area contributed by atoms with Crippen LogP contribution in [0.5, 0.6) is 5.75 Å². The van der Waals surface area contributed by atoms with E-state index in [-0.39, 0.29) is 11.7 Å². The zero-order valence-electron chi connectivity index (χ0n) is 11.1. The molecule has 1 aliphatic heterocycles. The van der Waals surface area contributed by atoms with Crippen molar-refractivity contribution in [3.63, 3.8) is 0 Å². The average Bonchev–Trinajstić information content (AvgIpc) is 2.41. The topological polar surface area (TPSA) is 40.5 Å². The SMILES string of the molecule is CCC1CCN(C(=O)c2cc(C)ccc2O)CC1. The molecule has 0 saturated carbocycles. The molecule has 1 saturated heterocycles. The first kappa shape index (κ1) is 12.9. The number of phenolic OH excluding ortho intramolecular Hbond substituents is 1. The first-order valence-electron chi connectivity index (χ1n) is 6.70. The second kappa shape index (κ2) is 5.42. The van der Waals surface area contributed by atoms with Gasteiger partial charge in [-0.05, 0) is 37.8 Å². The molecule has 98 valence electrons. The van der Waals surface area contributed by atoms with Crippen molar-refractivity contribution >= 4 is 5.91 Å². The van der Waals surface area contributed by atoms with E-state index in [0.29, 0.717) is 5.56 Å². The summed E-state index contributed by atoms with van der Waals surface area (Å²) in [5.41, 5.74) is 1.43. The van der Waals surface area contributed by atoms with E-state index in [4.69, 9.17) is 0 Å². The van der Waals surface area contributed by atoms with Gasteiger partial charge in [-0.25, -0.2) is 0 Å². The second-order valence-corrected chi connectivity index (χ2v) is 5.16. The molecule has 0 radical (unpaired) electrons. The molecule has 3 heteroatoms. The van der Waals surface area contributed by atoms with Gasteiger partial charge in [0.2, 0.25) is 0 Å². The Morgan fingerprint density at radius 1 is 1.39 bits per heavy atom. The van der Waals surface area contributed by atoms with Crippen LogP contribution in [-0.2, 0) is 0 Å². The predicted molar refractivity (Wildman–Crippen MR) is 71.8 cm³/mol. The molecule has 0 aromatic heterocycles. The van der Waals surface area contributed by atoms with Gasteiger partial charge in [0.05, 0.1) is 5.56 Å². The molecule has 1 heterocycles. The van der Waals surface area contributed by atoms with Gasteiger partial charge in [0.15, 0.2) is 0 Å². The minimum absolute atomic E-state index is 0.0363. The lowest BCUT2D eigenvalue weighted by molar-refractivity contribution is 0.0685. The van der Waals surface area contributed by atoms with Crippen LogP contribution >= 0.6 is 0 Å². The van der Waals surface area contributed by atoms with E-state index in [9.17, 15) is 9.90 Å². The van der Waals surface area contributed by atoms with Crippen LogP contribution < -0.4 is 0 Å². The Kier molecular flexibility index (Phi) is 3.90. The third-order valence-corrected chi connectivity index (χ3v) is 3.86. The number of rotatable bonds is 2. The van der Waals surface area contributed by atoms with Gasteiger partial charge in [0, 0.05) is 13.1 Å². The highest BCUT2D eigenvalue weighted by atomic mass is 16.3. The van der Waals surface area contributed by atoms with E-state index in [1.54, 1.807) is 12.1 Å². The number of aryl methyl sites for hydroxylation is 1. The summed E-state index contributed by atoms with van der Waals surface area (Å²) in [6, 6.07) is 5.18. The number of nitrogens with zero attached hydrogens (tertiary/aromatic N) is 1. The fourth-order valence-corrected chi connectivity index (χ4v) is 2.54. The number of phenols is 1. The average molecular weight is 247 g/mol. The number of carbonyl (C=O) groups is 1. The largest absolute Gasteiger partial charge is 0.507 e. The van der Waals surface area contributed by atoms with Gasteiger partial charge >= 0.3 is 0 Å². The van der Waals surface area contributed by atoms with E-state index < -0.39 is 0 Å². The Hall–Kier alpha value is -1.51. The summed E-state index contributed by atoms with van der Waals surface area (Å²) in [5, 5.41) is 9.79. The monoisotopic (exact) mass is 247 g/mol. The van der Waals surface area contributed by atoms with E-state index in [1.165, 1.54) is 6.42 Å². The number of benzene rings is 1. The molecule has 0 bridgehead atoms. The van der Waals surface area contributed by atoms with E-state index in [1.807, 2.05) is 17.9 Å². The van der Waals surface area contributed by atoms with Gasteiger partial charge in [-0.3, -0.25) is 4.79 Å². The third-order valence-electron chi connectivity index (χ3n) is 3.86. The van der Waals surface area contributed by atoms with Gasteiger partial charge in [-0.2, -0.15) is 0 Å². The maximum absolute atomic E-state index is 12.3. The highest BCUT2D eigenvalue weighted by molar-refractivity contribution is 5.97. The van der Waals surface area contributed by atoms with Gasteiger partial charge in [-0.1, -0.05) is 25.0 Å². The van der Waals surface area contributed by atoms with Crippen LogP contribution in [0.25, 0.3) is 0 Å². The van der Waals surface area contributed by atoms with Crippen LogP contribution in [-0.4, -0.2) is 29.0 Å². The lowest BCUT2D eigenvalue weighted by Gasteiger charge is -2.31. The zero-order chi connectivity index (χ0) is 13.1. The van der Waals surface area contributed by atoms with Gasteiger partial charge < -0.3 is 10.0 Å². The molecular formula is C15H21NO2. The highest BCUT2D eigenvalue weighted by Gasteiger charge is 2.24. The lowest BCUT2D eigenvalue weighted by Crippen LogP contribution is -2.38. The van der Waals surface area contributed by atoms with Crippen LogP contribution in [0.3, 0.4) is 0 Å². The zero-order valence-corrected chi connectivity index (χ0v) is 11.1. The van der Waals surface area contributed by atoms with Crippen LogP contribution in [0.4, 0.5) is 0 Å². The summed E-state index contributed by atoms with van der Waals surface area (Å²) in [7, 11) is 0. The molecule has 18 heavy (non-hydrogen) atoms. The molecule has 2 rings (SSSR count). The molecule has 1 aromatic carbocycles. The van der Waals surface area contributed by atoms with Gasteiger partial charge in [0.25, 0.3) is 5.91 Å². The number of likely N-dealkylation sites (tertiary alicyclic amines) is 1. The van der Waals surface area contributed by atoms with Crippen molar-refractivity contribution in [2.24, 2.45) is 5.92 Å². The molecule has 1 fully saturated rings. The lowest BCUT2D eigenvalue weighted by atomic mass is 9.94. The first-order valence-corrected chi connectivity index (χ1v) is 6.70. The Bertz CT molecular complexity index is 434. The summed E-state index contributed by atoms with van der Waals surface area (Å²) < 4.78 is 0. The minimum Gasteiger partial charge on any atom is -0.507 e.